The molecule has 0 heterocycles. The molecule has 0 aliphatic heterocycles. The Morgan fingerprint density at radius 3 is 2.55 bits per heavy atom. The predicted octanol–water partition coefficient (Wildman–Crippen LogP) is 3.35. The van der Waals surface area contributed by atoms with E-state index in [1.165, 1.54) is 0 Å². The van der Waals surface area contributed by atoms with Gasteiger partial charge in [0, 0.05) is 13.1 Å². The lowest BCUT2D eigenvalue weighted by Crippen LogP contribution is -2.35. The number of carbonyl (C=O) groups is 2. The summed E-state index contributed by atoms with van der Waals surface area (Å²) in [6.45, 7) is 7.06. The second-order valence-corrected chi connectivity index (χ2v) is 4.72. The average Bonchev–Trinajstić information content (AvgIpc) is 2.41. The lowest BCUT2D eigenvalue weighted by molar-refractivity contribution is 0.0698. The summed E-state index contributed by atoms with van der Waals surface area (Å²) in [5.41, 5.74) is 1.30. The number of hydrogen-bond donors (Lipinski definition) is 2. The fourth-order valence-corrected chi connectivity index (χ4v) is 1.89. The zero-order valence-corrected chi connectivity index (χ0v) is 12.3. The van der Waals surface area contributed by atoms with Gasteiger partial charge in [-0.2, -0.15) is 0 Å². The summed E-state index contributed by atoms with van der Waals surface area (Å²) in [6.07, 6.45) is 1.94. The summed E-state index contributed by atoms with van der Waals surface area (Å²) >= 11 is 0. The van der Waals surface area contributed by atoms with E-state index in [1.807, 2.05) is 13.8 Å². The van der Waals surface area contributed by atoms with Crippen molar-refractivity contribution in [2.75, 3.05) is 18.4 Å². The number of carboxylic acid groups (broad SMARTS) is 1. The molecule has 5 heteroatoms. The van der Waals surface area contributed by atoms with Gasteiger partial charge in [0.25, 0.3) is 0 Å². The summed E-state index contributed by atoms with van der Waals surface area (Å²) in [5.74, 6) is -1.04. The third kappa shape index (κ3) is 4.26. The highest BCUT2D eigenvalue weighted by molar-refractivity contribution is 6.00. The first-order valence-electron chi connectivity index (χ1n) is 6.89. The van der Waals surface area contributed by atoms with Crippen LogP contribution in [0.4, 0.5) is 10.5 Å². The Kier molecular flexibility index (Phi) is 6.03. The van der Waals surface area contributed by atoms with Crippen molar-refractivity contribution in [1.29, 1.82) is 0 Å². The summed E-state index contributed by atoms with van der Waals surface area (Å²) in [4.78, 5) is 25.0. The zero-order valence-electron chi connectivity index (χ0n) is 12.3. The molecular formula is C15H22N2O3. The molecule has 0 atom stereocenters. The summed E-state index contributed by atoms with van der Waals surface area (Å²) in [5, 5.41) is 11.9. The number of rotatable bonds is 6. The van der Waals surface area contributed by atoms with Crippen molar-refractivity contribution in [3.63, 3.8) is 0 Å². The first kappa shape index (κ1) is 16.0. The van der Waals surface area contributed by atoms with Gasteiger partial charge in [-0.25, -0.2) is 9.59 Å². The molecule has 110 valence electrons. The Morgan fingerprint density at radius 2 is 2.00 bits per heavy atom. The van der Waals surface area contributed by atoms with Crippen LogP contribution in [0.2, 0.25) is 0 Å². The maximum absolute atomic E-state index is 12.1. The lowest BCUT2D eigenvalue weighted by Gasteiger charge is -2.21. The van der Waals surface area contributed by atoms with E-state index in [4.69, 9.17) is 0 Å². The van der Waals surface area contributed by atoms with Crippen molar-refractivity contribution < 1.29 is 14.7 Å². The van der Waals surface area contributed by atoms with E-state index in [0.29, 0.717) is 18.8 Å². The van der Waals surface area contributed by atoms with Gasteiger partial charge in [-0.3, -0.25) is 0 Å². The van der Waals surface area contributed by atoms with Crippen molar-refractivity contribution in [2.24, 2.45) is 0 Å². The number of amides is 2. The molecule has 5 nitrogen and oxygen atoms in total. The number of carbonyl (C=O) groups excluding carboxylic acids is 1. The van der Waals surface area contributed by atoms with E-state index < -0.39 is 5.97 Å². The number of aryl methyl sites for hydroxylation is 1. The van der Waals surface area contributed by atoms with Crippen LogP contribution < -0.4 is 5.32 Å². The van der Waals surface area contributed by atoms with Gasteiger partial charge in [-0.15, -0.1) is 0 Å². The van der Waals surface area contributed by atoms with Gasteiger partial charge < -0.3 is 15.3 Å². The van der Waals surface area contributed by atoms with Crippen LogP contribution in [0, 0.1) is 6.92 Å². The SMILES string of the molecule is CCCCN(CC)C(=O)Nc1ccc(C)cc1C(=O)O. The van der Waals surface area contributed by atoms with Gasteiger partial charge in [0.1, 0.15) is 0 Å². The number of urea groups is 1. The normalized spacial score (nSPS) is 10.2. The molecule has 20 heavy (non-hydrogen) atoms. The molecule has 1 rings (SSSR count). The quantitative estimate of drug-likeness (QED) is 0.838. The van der Waals surface area contributed by atoms with E-state index in [-0.39, 0.29) is 11.6 Å². The van der Waals surface area contributed by atoms with Gasteiger partial charge in [0.2, 0.25) is 0 Å². The Hall–Kier alpha value is -2.04. The van der Waals surface area contributed by atoms with E-state index >= 15 is 0 Å². The number of anilines is 1. The van der Waals surface area contributed by atoms with E-state index in [9.17, 15) is 14.7 Å². The van der Waals surface area contributed by atoms with E-state index in [0.717, 1.165) is 18.4 Å². The van der Waals surface area contributed by atoms with Gasteiger partial charge in [-0.05, 0) is 32.4 Å². The van der Waals surface area contributed by atoms with Crippen LogP contribution in [-0.2, 0) is 0 Å². The minimum Gasteiger partial charge on any atom is -0.478 e. The fraction of sp³-hybridized carbons (Fsp3) is 0.467. The molecule has 0 aliphatic rings. The maximum Gasteiger partial charge on any atom is 0.337 e. The molecule has 2 amide bonds. The molecule has 1 aromatic rings. The molecule has 0 saturated carbocycles. The topological polar surface area (TPSA) is 69.6 Å². The Balaban J connectivity index is 2.86. The Bertz CT molecular complexity index is 486. The monoisotopic (exact) mass is 278 g/mol. The smallest absolute Gasteiger partial charge is 0.337 e. The molecule has 0 unspecified atom stereocenters. The van der Waals surface area contributed by atoms with Crippen LogP contribution >= 0.6 is 0 Å². The van der Waals surface area contributed by atoms with Crippen molar-refractivity contribution in [2.45, 2.75) is 33.6 Å². The van der Waals surface area contributed by atoms with Crippen LogP contribution in [0.25, 0.3) is 0 Å². The zero-order chi connectivity index (χ0) is 15.1. The molecule has 0 spiro atoms. The van der Waals surface area contributed by atoms with Crippen LogP contribution in [-0.4, -0.2) is 35.1 Å². The number of nitrogens with one attached hydrogen (secondary N) is 1. The molecule has 0 bridgehead atoms. The standard InChI is InChI=1S/C15H22N2O3/c1-4-6-9-17(5-2)15(20)16-13-8-7-11(3)10-12(13)14(18)19/h7-8,10H,4-6,9H2,1-3H3,(H,16,20)(H,18,19). The van der Waals surface area contributed by atoms with E-state index in [1.54, 1.807) is 23.1 Å². The van der Waals surface area contributed by atoms with Gasteiger partial charge >= 0.3 is 12.0 Å². The average molecular weight is 278 g/mol. The third-order valence-electron chi connectivity index (χ3n) is 3.10. The first-order valence-corrected chi connectivity index (χ1v) is 6.89. The molecule has 1 aromatic carbocycles. The second kappa shape index (κ2) is 7.53. The molecule has 0 aliphatic carbocycles. The van der Waals surface area contributed by atoms with Crippen molar-refractivity contribution in [1.82, 2.24) is 4.90 Å². The third-order valence-corrected chi connectivity index (χ3v) is 3.10. The van der Waals surface area contributed by atoms with Gasteiger partial charge in [-0.1, -0.05) is 25.0 Å². The number of unbranched alkanes of at least 4 members (excludes halogenated alkanes) is 1. The maximum atomic E-state index is 12.1. The van der Waals surface area contributed by atoms with Crippen LogP contribution in [0.5, 0.6) is 0 Å². The molecule has 0 radical (unpaired) electrons. The van der Waals surface area contributed by atoms with Crippen molar-refractivity contribution in [3.05, 3.63) is 29.3 Å². The fourth-order valence-electron chi connectivity index (χ4n) is 1.89. The highest BCUT2D eigenvalue weighted by Gasteiger charge is 2.16. The molecule has 2 N–H and O–H groups in total. The summed E-state index contributed by atoms with van der Waals surface area (Å²) < 4.78 is 0. The first-order chi connectivity index (χ1) is 9.49. The van der Waals surface area contributed by atoms with Gasteiger partial charge in [0.05, 0.1) is 11.3 Å². The molecule has 0 saturated heterocycles. The second-order valence-electron chi connectivity index (χ2n) is 4.72. The van der Waals surface area contributed by atoms with E-state index in [2.05, 4.69) is 12.2 Å². The number of nitrogens with zero attached hydrogens (tertiary/aromatic N) is 1. The summed E-state index contributed by atoms with van der Waals surface area (Å²) in [6, 6.07) is 4.71. The predicted molar refractivity (Wildman–Crippen MR) is 79.3 cm³/mol. The number of benzene rings is 1. The number of aromatic carboxylic acids is 1. The molecule has 0 fully saturated rings. The number of carboxylic acids is 1. The van der Waals surface area contributed by atoms with Crippen LogP contribution in [0.15, 0.2) is 18.2 Å². The van der Waals surface area contributed by atoms with Crippen molar-refractivity contribution in [3.8, 4) is 0 Å². The van der Waals surface area contributed by atoms with Crippen LogP contribution in [0.3, 0.4) is 0 Å². The number of hydrogen-bond acceptors (Lipinski definition) is 2. The Morgan fingerprint density at radius 1 is 1.30 bits per heavy atom. The highest BCUT2D eigenvalue weighted by Crippen LogP contribution is 2.18. The largest absolute Gasteiger partial charge is 0.478 e. The van der Waals surface area contributed by atoms with Gasteiger partial charge in [0.15, 0.2) is 0 Å². The minimum absolute atomic E-state index is 0.116. The van der Waals surface area contributed by atoms with Crippen LogP contribution in [0.1, 0.15) is 42.6 Å². The highest BCUT2D eigenvalue weighted by atomic mass is 16.4. The Labute approximate surface area is 119 Å². The van der Waals surface area contributed by atoms with Crippen molar-refractivity contribution >= 4 is 17.7 Å². The summed E-state index contributed by atoms with van der Waals surface area (Å²) in [7, 11) is 0. The lowest BCUT2D eigenvalue weighted by atomic mass is 10.1. The minimum atomic E-state index is -1.04. The molecule has 0 aromatic heterocycles. The molecular weight excluding hydrogens is 256 g/mol.